The number of rotatable bonds is 4. The molecule has 0 amide bonds. The van der Waals surface area contributed by atoms with Crippen molar-refractivity contribution in [1.29, 1.82) is 0 Å². The average Bonchev–Trinajstić information content (AvgIpc) is 2.24. The first-order valence-electron chi connectivity index (χ1n) is 4.53. The molecule has 0 unspecified atom stereocenters. The molecule has 0 spiro atoms. The molecular weight excluding hydrogens is 210 g/mol. The molecule has 0 aliphatic carbocycles. The van der Waals surface area contributed by atoms with Gasteiger partial charge in [-0.1, -0.05) is 37.1 Å². The lowest BCUT2D eigenvalue weighted by Crippen LogP contribution is -1.97. The van der Waals surface area contributed by atoms with Crippen LogP contribution in [0.5, 0.6) is 0 Å². The Morgan fingerprint density at radius 2 is 2.27 bits per heavy atom. The van der Waals surface area contributed by atoms with Crippen molar-refractivity contribution in [2.45, 2.75) is 6.92 Å². The zero-order valence-electron chi connectivity index (χ0n) is 8.43. The molecule has 0 radical (unpaired) electrons. The van der Waals surface area contributed by atoms with Crippen LogP contribution in [0.3, 0.4) is 0 Å². The maximum absolute atomic E-state index is 10.5. The highest BCUT2D eigenvalue weighted by Crippen LogP contribution is 2.16. The maximum Gasteiger partial charge on any atom is 0.302 e. The summed E-state index contributed by atoms with van der Waals surface area (Å²) in [5.41, 5.74) is 1.92. The number of hydrogen-bond donors (Lipinski definition) is 2. The van der Waals surface area contributed by atoms with Crippen molar-refractivity contribution in [3.63, 3.8) is 0 Å². The fourth-order valence-electron chi connectivity index (χ4n) is 1.08. The van der Waals surface area contributed by atoms with Gasteiger partial charge in [-0.3, -0.25) is 4.79 Å². The van der Waals surface area contributed by atoms with Gasteiger partial charge in [0.2, 0.25) is 0 Å². The molecule has 0 bridgehead atoms. The minimum absolute atomic E-state index is 0.278. The van der Waals surface area contributed by atoms with Crippen LogP contribution in [0.2, 0.25) is 0 Å². The summed E-state index contributed by atoms with van der Waals surface area (Å²) in [4.78, 5) is 10.5. The molecule has 1 rings (SSSR count). The summed E-state index contributed by atoms with van der Waals surface area (Å²) in [5.74, 6) is -0.278. The van der Waals surface area contributed by atoms with Crippen LogP contribution in [-0.4, -0.2) is 12.6 Å². The molecule has 0 fully saturated rings. The lowest BCUT2D eigenvalue weighted by atomic mass is 10.2. The molecule has 0 atom stereocenters. The SMILES string of the molecule is CC(=O)OC/C=C/c1ccccc1NS. The highest BCUT2D eigenvalue weighted by molar-refractivity contribution is 7.81. The lowest BCUT2D eigenvalue weighted by Gasteiger charge is -2.03. The second kappa shape index (κ2) is 6.14. The smallest absolute Gasteiger partial charge is 0.302 e. The number of carbonyl (C=O) groups is 1. The van der Waals surface area contributed by atoms with E-state index in [2.05, 4.69) is 17.5 Å². The Hall–Kier alpha value is -1.42. The number of carbonyl (C=O) groups excluding carboxylic acids is 1. The van der Waals surface area contributed by atoms with Gasteiger partial charge in [0.1, 0.15) is 6.61 Å². The molecule has 1 aromatic carbocycles. The van der Waals surface area contributed by atoms with Crippen LogP contribution in [0.15, 0.2) is 30.3 Å². The number of para-hydroxylation sites is 1. The molecule has 1 aromatic rings. The minimum atomic E-state index is -0.278. The highest BCUT2D eigenvalue weighted by atomic mass is 32.1. The third kappa shape index (κ3) is 4.08. The topological polar surface area (TPSA) is 38.3 Å². The standard InChI is InChI=1S/C11H13NO2S/c1-9(13)14-8-4-6-10-5-2-3-7-11(10)12-15/h2-7,12,15H,8H2,1H3/b6-4+. The molecular formula is C11H13NO2S. The van der Waals surface area contributed by atoms with Crippen molar-refractivity contribution < 1.29 is 9.53 Å². The second-order valence-electron chi connectivity index (χ2n) is 2.90. The fourth-order valence-corrected chi connectivity index (χ4v) is 1.29. The molecule has 3 nitrogen and oxygen atoms in total. The number of anilines is 1. The molecule has 0 aliphatic rings. The number of thiol groups is 1. The van der Waals surface area contributed by atoms with Crippen molar-refractivity contribution in [2.24, 2.45) is 0 Å². The van der Waals surface area contributed by atoms with E-state index in [1.165, 1.54) is 6.92 Å². The average molecular weight is 223 g/mol. The molecule has 80 valence electrons. The predicted octanol–water partition coefficient (Wildman–Crippen LogP) is 2.52. The molecule has 0 aliphatic heterocycles. The van der Waals surface area contributed by atoms with Gasteiger partial charge in [0.05, 0.1) is 5.69 Å². The Bertz CT molecular complexity index is 363. The van der Waals surface area contributed by atoms with Gasteiger partial charge in [-0.05, 0) is 17.7 Å². The maximum atomic E-state index is 10.5. The van der Waals surface area contributed by atoms with E-state index >= 15 is 0 Å². The first-order chi connectivity index (χ1) is 7.24. The van der Waals surface area contributed by atoms with E-state index in [1.54, 1.807) is 6.08 Å². The Labute approximate surface area is 94.7 Å². The van der Waals surface area contributed by atoms with Crippen molar-refractivity contribution >= 4 is 30.5 Å². The van der Waals surface area contributed by atoms with Crippen LogP contribution in [-0.2, 0) is 9.53 Å². The van der Waals surface area contributed by atoms with E-state index in [1.807, 2.05) is 30.3 Å². The van der Waals surface area contributed by atoms with E-state index in [4.69, 9.17) is 4.74 Å². The Morgan fingerprint density at radius 1 is 1.53 bits per heavy atom. The van der Waals surface area contributed by atoms with Gasteiger partial charge < -0.3 is 9.46 Å². The van der Waals surface area contributed by atoms with Gasteiger partial charge in [-0.15, -0.1) is 0 Å². The summed E-state index contributed by atoms with van der Waals surface area (Å²) in [6.07, 6.45) is 3.66. The first kappa shape index (κ1) is 11.7. The van der Waals surface area contributed by atoms with Crippen molar-refractivity contribution in [2.75, 3.05) is 11.3 Å². The van der Waals surface area contributed by atoms with Gasteiger partial charge >= 0.3 is 5.97 Å². The summed E-state index contributed by atoms with van der Waals surface area (Å²) in [6.45, 7) is 1.67. The number of nitrogens with one attached hydrogen (secondary N) is 1. The van der Waals surface area contributed by atoms with Crippen LogP contribution in [0, 0.1) is 0 Å². The van der Waals surface area contributed by atoms with Gasteiger partial charge in [0, 0.05) is 6.92 Å². The Balaban J connectivity index is 2.59. The normalized spacial score (nSPS) is 10.3. The van der Waals surface area contributed by atoms with Gasteiger partial charge in [0.25, 0.3) is 0 Å². The molecule has 0 saturated heterocycles. The number of esters is 1. The second-order valence-corrected chi connectivity index (χ2v) is 3.13. The highest BCUT2D eigenvalue weighted by Gasteiger charge is 1.94. The summed E-state index contributed by atoms with van der Waals surface area (Å²) >= 11 is 3.99. The van der Waals surface area contributed by atoms with Crippen LogP contribution in [0.25, 0.3) is 6.08 Å². The quantitative estimate of drug-likeness (QED) is 0.608. The van der Waals surface area contributed by atoms with Crippen LogP contribution >= 0.6 is 12.8 Å². The zero-order chi connectivity index (χ0) is 11.1. The molecule has 1 N–H and O–H groups in total. The summed E-state index contributed by atoms with van der Waals surface area (Å²) in [7, 11) is 0. The molecule has 0 saturated carbocycles. The minimum Gasteiger partial charge on any atom is -0.462 e. The Morgan fingerprint density at radius 3 is 2.93 bits per heavy atom. The predicted molar refractivity (Wildman–Crippen MR) is 64.7 cm³/mol. The monoisotopic (exact) mass is 223 g/mol. The van der Waals surface area contributed by atoms with Crippen molar-refractivity contribution in [3.8, 4) is 0 Å². The van der Waals surface area contributed by atoms with Gasteiger partial charge in [0.15, 0.2) is 0 Å². The van der Waals surface area contributed by atoms with Gasteiger partial charge in [-0.25, -0.2) is 0 Å². The van der Waals surface area contributed by atoms with E-state index in [0.717, 1.165) is 11.3 Å². The summed E-state index contributed by atoms with van der Waals surface area (Å²) in [5, 5.41) is 0. The van der Waals surface area contributed by atoms with E-state index in [0.29, 0.717) is 0 Å². The van der Waals surface area contributed by atoms with Crippen LogP contribution < -0.4 is 4.72 Å². The van der Waals surface area contributed by atoms with Crippen LogP contribution in [0.4, 0.5) is 5.69 Å². The third-order valence-corrected chi connectivity index (χ3v) is 2.00. The van der Waals surface area contributed by atoms with E-state index in [-0.39, 0.29) is 12.6 Å². The molecule has 15 heavy (non-hydrogen) atoms. The van der Waals surface area contributed by atoms with Crippen molar-refractivity contribution in [1.82, 2.24) is 0 Å². The van der Waals surface area contributed by atoms with E-state index < -0.39 is 0 Å². The lowest BCUT2D eigenvalue weighted by molar-refractivity contribution is -0.139. The number of ether oxygens (including phenoxy) is 1. The van der Waals surface area contributed by atoms with Gasteiger partial charge in [-0.2, -0.15) is 0 Å². The molecule has 4 heteroatoms. The van der Waals surface area contributed by atoms with Crippen LogP contribution in [0.1, 0.15) is 12.5 Å². The van der Waals surface area contributed by atoms with E-state index in [9.17, 15) is 4.79 Å². The largest absolute Gasteiger partial charge is 0.462 e. The molecule has 0 aromatic heterocycles. The summed E-state index contributed by atoms with van der Waals surface area (Å²) in [6, 6.07) is 7.71. The fraction of sp³-hybridized carbons (Fsp3) is 0.182. The Kier molecular flexibility index (Phi) is 4.77. The number of hydrogen-bond acceptors (Lipinski definition) is 4. The number of benzene rings is 1. The van der Waals surface area contributed by atoms with Crippen molar-refractivity contribution in [3.05, 3.63) is 35.9 Å². The first-order valence-corrected chi connectivity index (χ1v) is 4.98. The zero-order valence-corrected chi connectivity index (χ0v) is 9.33. The molecule has 0 heterocycles. The third-order valence-electron chi connectivity index (χ3n) is 1.76. The summed E-state index contributed by atoms with van der Waals surface area (Å²) < 4.78 is 7.55.